The van der Waals surface area contributed by atoms with Crippen LogP contribution >= 0.6 is 0 Å². The maximum absolute atomic E-state index is 11.8. The van der Waals surface area contributed by atoms with Crippen LogP contribution in [0.5, 0.6) is 11.5 Å². The number of H-pyrrole nitrogens is 1. The summed E-state index contributed by atoms with van der Waals surface area (Å²) in [6, 6.07) is 18.6. The number of carbonyl (C=O) groups excluding carboxylic acids is 1. The number of nitrogens with zero attached hydrogens (tertiary/aromatic N) is 2. The molecule has 0 spiro atoms. The molecule has 1 heterocycles. The summed E-state index contributed by atoms with van der Waals surface area (Å²) in [7, 11) is 0. The van der Waals surface area contributed by atoms with Gasteiger partial charge in [0.25, 0.3) is 5.91 Å². The molecule has 0 bridgehead atoms. The van der Waals surface area contributed by atoms with Crippen molar-refractivity contribution in [2.24, 2.45) is 5.10 Å². The van der Waals surface area contributed by atoms with Gasteiger partial charge in [-0.05, 0) is 42.8 Å². The van der Waals surface area contributed by atoms with Crippen molar-refractivity contribution in [3.05, 3.63) is 77.6 Å². The van der Waals surface area contributed by atoms with Crippen LogP contribution in [0.1, 0.15) is 21.7 Å². The zero-order chi connectivity index (χ0) is 16.8. The van der Waals surface area contributed by atoms with E-state index in [9.17, 15) is 4.79 Å². The summed E-state index contributed by atoms with van der Waals surface area (Å²) < 4.78 is 5.76. The molecule has 2 N–H and O–H groups in total. The van der Waals surface area contributed by atoms with Crippen LogP contribution in [0.4, 0.5) is 0 Å². The first-order chi connectivity index (χ1) is 11.7. The molecule has 0 atom stereocenters. The van der Waals surface area contributed by atoms with Crippen molar-refractivity contribution < 1.29 is 9.53 Å². The third kappa shape index (κ3) is 4.07. The number of amides is 1. The van der Waals surface area contributed by atoms with E-state index in [4.69, 9.17) is 4.74 Å². The Balaban J connectivity index is 1.63. The maximum Gasteiger partial charge on any atom is 0.291 e. The summed E-state index contributed by atoms with van der Waals surface area (Å²) in [4.78, 5) is 11.8. The second-order valence-corrected chi connectivity index (χ2v) is 5.12. The molecule has 0 aliphatic carbocycles. The molecule has 3 aromatic rings. The monoisotopic (exact) mass is 320 g/mol. The summed E-state index contributed by atoms with van der Waals surface area (Å²) in [5.74, 6) is 1.08. The molecule has 2 aromatic carbocycles. The topological polar surface area (TPSA) is 79.4 Å². The van der Waals surface area contributed by atoms with Crippen LogP contribution in [0.2, 0.25) is 0 Å². The van der Waals surface area contributed by atoms with Gasteiger partial charge in [-0.25, -0.2) is 5.43 Å². The minimum absolute atomic E-state index is 0.297. The van der Waals surface area contributed by atoms with E-state index in [1.807, 2.05) is 61.5 Å². The Labute approximate surface area is 139 Å². The molecule has 1 amide bonds. The second kappa shape index (κ2) is 7.23. The summed E-state index contributed by atoms with van der Waals surface area (Å²) in [5, 5.41) is 10.5. The molecule has 24 heavy (non-hydrogen) atoms. The zero-order valence-electron chi connectivity index (χ0n) is 13.1. The number of hydrazone groups is 1. The van der Waals surface area contributed by atoms with E-state index in [1.165, 1.54) is 0 Å². The Kier molecular flexibility index (Phi) is 4.67. The molecule has 0 radical (unpaired) electrons. The minimum atomic E-state index is -0.368. The zero-order valence-corrected chi connectivity index (χ0v) is 13.1. The summed E-state index contributed by atoms with van der Waals surface area (Å²) in [6.07, 6.45) is 1.55. The fraction of sp³-hybridized carbons (Fsp3) is 0.0556. The van der Waals surface area contributed by atoms with Crippen LogP contribution in [0.3, 0.4) is 0 Å². The van der Waals surface area contributed by atoms with Crippen molar-refractivity contribution in [2.45, 2.75) is 6.92 Å². The third-order valence-corrected chi connectivity index (χ3v) is 3.16. The van der Waals surface area contributed by atoms with Gasteiger partial charge in [0, 0.05) is 5.69 Å². The number of para-hydroxylation sites is 1. The number of rotatable bonds is 5. The summed E-state index contributed by atoms with van der Waals surface area (Å²) in [5.41, 5.74) is 4.36. The lowest BCUT2D eigenvalue weighted by Crippen LogP contribution is -2.18. The Morgan fingerprint density at radius 1 is 1.12 bits per heavy atom. The van der Waals surface area contributed by atoms with Crippen LogP contribution in [-0.2, 0) is 0 Å². The molecule has 0 saturated heterocycles. The molecule has 0 aliphatic rings. The number of aryl methyl sites for hydroxylation is 1. The fourth-order valence-corrected chi connectivity index (χ4v) is 2.04. The number of aromatic nitrogens is 2. The van der Waals surface area contributed by atoms with Crippen molar-refractivity contribution in [1.82, 2.24) is 15.6 Å². The molecule has 6 heteroatoms. The van der Waals surface area contributed by atoms with E-state index < -0.39 is 0 Å². The van der Waals surface area contributed by atoms with Crippen molar-refractivity contribution in [3.63, 3.8) is 0 Å². The highest BCUT2D eigenvalue weighted by molar-refractivity contribution is 5.93. The molecule has 3 rings (SSSR count). The Morgan fingerprint density at radius 2 is 1.92 bits per heavy atom. The molecule has 0 aliphatic heterocycles. The van der Waals surface area contributed by atoms with E-state index in [0.717, 1.165) is 17.0 Å². The lowest BCUT2D eigenvalue weighted by atomic mass is 10.2. The van der Waals surface area contributed by atoms with Gasteiger partial charge in [0.15, 0.2) is 5.69 Å². The third-order valence-electron chi connectivity index (χ3n) is 3.16. The first kappa shape index (κ1) is 15.5. The second-order valence-electron chi connectivity index (χ2n) is 5.12. The van der Waals surface area contributed by atoms with Gasteiger partial charge >= 0.3 is 0 Å². The van der Waals surface area contributed by atoms with E-state index in [1.54, 1.807) is 12.3 Å². The smallest absolute Gasteiger partial charge is 0.291 e. The highest BCUT2D eigenvalue weighted by Crippen LogP contribution is 2.21. The maximum atomic E-state index is 11.8. The molecule has 1 aromatic heterocycles. The van der Waals surface area contributed by atoms with Gasteiger partial charge < -0.3 is 4.74 Å². The van der Waals surface area contributed by atoms with Crippen molar-refractivity contribution in [1.29, 1.82) is 0 Å². The standard InChI is InChI=1S/C18H16N4O2/c1-13-10-17(21-20-13)18(23)22-19-12-14-6-5-9-16(11-14)24-15-7-3-2-4-8-15/h2-12H,1H3,(H,20,21)(H,22,23). The molecule has 6 nitrogen and oxygen atoms in total. The van der Waals surface area contributed by atoms with Crippen molar-refractivity contribution >= 4 is 12.1 Å². The highest BCUT2D eigenvalue weighted by atomic mass is 16.5. The van der Waals surface area contributed by atoms with Gasteiger partial charge in [-0.15, -0.1) is 0 Å². The van der Waals surface area contributed by atoms with Gasteiger partial charge in [-0.1, -0.05) is 30.3 Å². The largest absolute Gasteiger partial charge is 0.457 e. The Hall–Kier alpha value is -3.41. The number of hydrogen-bond donors (Lipinski definition) is 2. The quantitative estimate of drug-likeness (QED) is 0.559. The van der Waals surface area contributed by atoms with Crippen molar-refractivity contribution in [2.75, 3.05) is 0 Å². The SMILES string of the molecule is Cc1cc(C(=O)NN=Cc2cccc(Oc3ccccc3)c2)n[nH]1. The number of nitrogens with one attached hydrogen (secondary N) is 2. The number of benzene rings is 2. The number of ether oxygens (including phenoxy) is 1. The van der Waals surface area contributed by atoms with Crippen LogP contribution in [0.25, 0.3) is 0 Å². The van der Waals surface area contributed by atoms with Gasteiger partial charge in [0.1, 0.15) is 11.5 Å². The fourth-order valence-electron chi connectivity index (χ4n) is 2.04. The van der Waals surface area contributed by atoms with Crippen LogP contribution in [0, 0.1) is 6.92 Å². The van der Waals surface area contributed by atoms with Crippen LogP contribution < -0.4 is 10.2 Å². The lowest BCUT2D eigenvalue weighted by molar-refractivity contribution is 0.0950. The number of carbonyl (C=O) groups is 1. The van der Waals surface area contributed by atoms with E-state index in [-0.39, 0.29) is 5.91 Å². The van der Waals surface area contributed by atoms with Crippen molar-refractivity contribution in [3.8, 4) is 11.5 Å². The average molecular weight is 320 g/mol. The van der Waals surface area contributed by atoms with Crippen LogP contribution in [-0.4, -0.2) is 22.3 Å². The number of aromatic amines is 1. The van der Waals surface area contributed by atoms with Gasteiger partial charge in [-0.2, -0.15) is 10.2 Å². The summed E-state index contributed by atoms with van der Waals surface area (Å²) in [6.45, 7) is 1.82. The molecular weight excluding hydrogens is 304 g/mol. The first-order valence-corrected chi connectivity index (χ1v) is 7.39. The van der Waals surface area contributed by atoms with Gasteiger partial charge in [-0.3, -0.25) is 9.89 Å². The molecule has 0 unspecified atom stereocenters. The molecule has 120 valence electrons. The van der Waals surface area contributed by atoms with E-state index >= 15 is 0 Å². The van der Waals surface area contributed by atoms with Gasteiger partial charge in [0.2, 0.25) is 0 Å². The van der Waals surface area contributed by atoms with E-state index in [2.05, 4.69) is 20.7 Å². The Bertz CT molecular complexity index is 856. The Morgan fingerprint density at radius 3 is 2.67 bits per heavy atom. The average Bonchev–Trinajstić information content (AvgIpc) is 3.03. The first-order valence-electron chi connectivity index (χ1n) is 7.39. The molecule has 0 fully saturated rings. The van der Waals surface area contributed by atoms with Crippen LogP contribution in [0.15, 0.2) is 65.8 Å². The lowest BCUT2D eigenvalue weighted by Gasteiger charge is -2.05. The molecule has 0 saturated carbocycles. The summed E-state index contributed by atoms with van der Waals surface area (Å²) >= 11 is 0. The normalized spacial score (nSPS) is 10.7. The van der Waals surface area contributed by atoms with Gasteiger partial charge in [0.05, 0.1) is 6.21 Å². The predicted octanol–water partition coefficient (Wildman–Crippen LogP) is 3.27. The molecular formula is C18H16N4O2. The number of hydrogen-bond acceptors (Lipinski definition) is 4. The predicted molar refractivity (Wildman–Crippen MR) is 91.3 cm³/mol. The van der Waals surface area contributed by atoms with E-state index in [0.29, 0.717) is 11.4 Å². The minimum Gasteiger partial charge on any atom is -0.457 e. The highest BCUT2D eigenvalue weighted by Gasteiger charge is 2.07.